The van der Waals surface area contributed by atoms with E-state index in [4.69, 9.17) is 0 Å². The highest BCUT2D eigenvalue weighted by Gasteiger charge is 2.01. The summed E-state index contributed by atoms with van der Waals surface area (Å²) in [6.45, 7) is 3.80. The standard InChI is InChI=1S/C8H10FNO/c1-3-10-7(9)5-4-6(2)8(10)11/h4-5H,3H2,1-2H3. The second-order valence-corrected chi connectivity index (χ2v) is 2.39. The van der Waals surface area contributed by atoms with Gasteiger partial charge in [0.05, 0.1) is 0 Å². The van der Waals surface area contributed by atoms with Crippen molar-refractivity contribution < 1.29 is 4.39 Å². The fraction of sp³-hybridized carbons (Fsp3) is 0.375. The largest absolute Gasteiger partial charge is 0.285 e. The maximum Gasteiger partial charge on any atom is 0.255 e. The minimum Gasteiger partial charge on any atom is -0.285 e. The Bertz CT molecular complexity index is 316. The third-order valence-electron chi connectivity index (χ3n) is 1.63. The molecule has 2 nitrogen and oxygen atoms in total. The van der Waals surface area contributed by atoms with Gasteiger partial charge in [-0.25, -0.2) is 0 Å². The van der Waals surface area contributed by atoms with Crippen LogP contribution in [0.2, 0.25) is 0 Å². The Morgan fingerprint density at radius 2 is 2.18 bits per heavy atom. The lowest BCUT2D eigenvalue weighted by atomic mass is 10.3. The van der Waals surface area contributed by atoms with Crippen LogP contribution in [0.3, 0.4) is 0 Å². The SMILES string of the molecule is CCn1c(F)ccc(C)c1=O. The number of aryl methyl sites for hydroxylation is 1. The Labute approximate surface area is 64.3 Å². The van der Waals surface area contributed by atoms with Crippen LogP contribution in [0, 0.1) is 12.9 Å². The molecule has 0 aliphatic rings. The van der Waals surface area contributed by atoms with Crippen LogP contribution in [-0.2, 0) is 6.54 Å². The predicted molar refractivity (Wildman–Crippen MR) is 41.1 cm³/mol. The van der Waals surface area contributed by atoms with E-state index in [0.29, 0.717) is 12.1 Å². The monoisotopic (exact) mass is 155 g/mol. The summed E-state index contributed by atoms with van der Waals surface area (Å²) in [5, 5.41) is 0. The maximum atomic E-state index is 12.8. The highest BCUT2D eigenvalue weighted by atomic mass is 19.1. The number of hydrogen-bond acceptors (Lipinski definition) is 1. The topological polar surface area (TPSA) is 22.0 Å². The molecule has 0 N–H and O–H groups in total. The summed E-state index contributed by atoms with van der Waals surface area (Å²) in [6, 6.07) is 2.80. The molecule has 1 aromatic heterocycles. The van der Waals surface area contributed by atoms with E-state index in [1.54, 1.807) is 13.8 Å². The van der Waals surface area contributed by atoms with E-state index in [9.17, 15) is 9.18 Å². The van der Waals surface area contributed by atoms with Crippen LogP contribution in [0.4, 0.5) is 4.39 Å². The van der Waals surface area contributed by atoms with E-state index >= 15 is 0 Å². The molecule has 3 heteroatoms. The summed E-state index contributed by atoms with van der Waals surface area (Å²) < 4.78 is 13.9. The van der Waals surface area contributed by atoms with Crippen LogP contribution >= 0.6 is 0 Å². The molecule has 0 bridgehead atoms. The van der Waals surface area contributed by atoms with Crippen molar-refractivity contribution in [2.45, 2.75) is 20.4 Å². The van der Waals surface area contributed by atoms with Gasteiger partial charge in [-0.05, 0) is 26.0 Å². The molecule has 0 aromatic carbocycles. The normalized spacial score (nSPS) is 10.1. The number of pyridine rings is 1. The first kappa shape index (κ1) is 7.98. The van der Waals surface area contributed by atoms with E-state index < -0.39 is 5.95 Å². The average molecular weight is 155 g/mol. The third kappa shape index (κ3) is 1.31. The lowest BCUT2D eigenvalue weighted by Crippen LogP contribution is -2.23. The molecule has 1 rings (SSSR count). The number of halogens is 1. The number of nitrogens with zero attached hydrogens (tertiary/aromatic N) is 1. The zero-order chi connectivity index (χ0) is 8.43. The van der Waals surface area contributed by atoms with Gasteiger partial charge in [-0.3, -0.25) is 9.36 Å². The van der Waals surface area contributed by atoms with Gasteiger partial charge >= 0.3 is 0 Å². The summed E-state index contributed by atoms with van der Waals surface area (Å²) in [4.78, 5) is 11.1. The molecule has 0 aliphatic heterocycles. The molecule has 11 heavy (non-hydrogen) atoms. The van der Waals surface area contributed by atoms with Crippen molar-refractivity contribution in [2.75, 3.05) is 0 Å². The molecule has 0 saturated heterocycles. The van der Waals surface area contributed by atoms with Gasteiger partial charge in [-0.15, -0.1) is 0 Å². The number of rotatable bonds is 1. The molecule has 60 valence electrons. The molecular weight excluding hydrogens is 145 g/mol. The van der Waals surface area contributed by atoms with Gasteiger partial charge in [0.15, 0.2) is 5.95 Å². The van der Waals surface area contributed by atoms with Crippen molar-refractivity contribution in [1.82, 2.24) is 4.57 Å². The lowest BCUT2D eigenvalue weighted by Gasteiger charge is -2.03. The Morgan fingerprint density at radius 1 is 1.55 bits per heavy atom. The lowest BCUT2D eigenvalue weighted by molar-refractivity contribution is 0.485. The second-order valence-electron chi connectivity index (χ2n) is 2.39. The van der Waals surface area contributed by atoms with Crippen LogP contribution in [0.5, 0.6) is 0 Å². The Kier molecular flexibility index (Phi) is 2.08. The molecule has 0 fully saturated rings. The maximum absolute atomic E-state index is 12.8. The van der Waals surface area contributed by atoms with E-state index in [-0.39, 0.29) is 5.56 Å². The number of hydrogen-bond donors (Lipinski definition) is 0. The molecule has 1 heterocycles. The molecule has 0 saturated carbocycles. The molecule has 1 aromatic rings. The van der Waals surface area contributed by atoms with Crippen LogP contribution in [0.1, 0.15) is 12.5 Å². The van der Waals surface area contributed by atoms with Crippen molar-refractivity contribution in [1.29, 1.82) is 0 Å². The molecule has 0 unspecified atom stereocenters. The Balaban J connectivity index is 3.41. The van der Waals surface area contributed by atoms with Gasteiger partial charge in [0, 0.05) is 12.1 Å². The van der Waals surface area contributed by atoms with E-state index in [2.05, 4.69) is 0 Å². The smallest absolute Gasteiger partial charge is 0.255 e. The van der Waals surface area contributed by atoms with Crippen LogP contribution in [0.15, 0.2) is 16.9 Å². The number of aromatic nitrogens is 1. The van der Waals surface area contributed by atoms with Crippen LogP contribution in [-0.4, -0.2) is 4.57 Å². The Morgan fingerprint density at radius 3 is 2.64 bits per heavy atom. The van der Waals surface area contributed by atoms with Gasteiger partial charge in [0.25, 0.3) is 5.56 Å². The van der Waals surface area contributed by atoms with Gasteiger partial charge in [0.1, 0.15) is 0 Å². The van der Waals surface area contributed by atoms with Gasteiger partial charge in [0.2, 0.25) is 0 Å². The highest BCUT2D eigenvalue weighted by Crippen LogP contribution is 1.95. The first-order valence-corrected chi connectivity index (χ1v) is 3.52. The average Bonchev–Trinajstić information content (AvgIpc) is 1.99. The minimum absolute atomic E-state index is 0.243. The van der Waals surface area contributed by atoms with Crippen molar-refractivity contribution in [3.8, 4) is 0 Å². The van der Waals surface area contributed by atoms with E-state index in [1.807, 2.05) is 0 Å². The third-order valence-corrected chi connectivity index (χ3v) is 1.63. The first-order valence-electron chi connectivity index (χ1n) is 3.52. The second kappa shape index (κ2) is 2.86. The summed E-state index contributed by atoms with van der Waals surface area (Å²) in [5.74, 6) is -0.469. The zero-order valence-corrected chi connectivity index (χ0v) is 6.60. The summed E-state index contributed by atoms with van der Waals surface area (Å²) in [5.41, 5.74) is 0.334. The van der Waals surface area contributed by atoms with Crippen molar-refractivity contribution in [3.63, 3.8) is 0 Å². The van der Waals surface area contributed by atoms with Crippen LogP contribution in [0.25, 0.3) is 0 Å². The van der Waals surface area contributed by atoms with Gasteiger partial charge in [-0.2, -0.15) is 4.39 Å². The fourth-order valence-electron chi connectivity index (χ4n) is 0.960. The summed E-state index contributed by atoms with van der Waals surface area (Å²) >= 11 is 0. The van der Waals surface area contributed by atoms with E-state index in [1.165, 1.54) is 12.1 Å². The molecular formula is C8H10FNO. The van der Waals surface area contributed by atoms with Crippen molar-refractivity contribution >= 4 is 0 Å². The first-order chi connectivity index (χ1) is 5.16. The predicted octanol–water partition coefficient (Wildman–Crippen LogP) is 1.32. The highest BCUT2D eigenvalue weighted by molar-refractivity contribution is 5.08. The zero-order valence-electron chi connectivity index (χ0n) is 6.60. The molecule has 0 aliphatic carbocycles. The minimum atomic E-state index is -0.469. The summed E-state index contributed by atoms with van der Waals surface area (Å²) in [6.07, 6.45) is 0. The molecule has 0 atom stereocenters. The quantitative estimate of drug-likeness (QED) is 0.560. The van der Waals surface area contributed by atoms with Crippen molar-refractivity contribution in [2.24, 2.45) is 0 Å². The van der Waals surface area contributed by atoms with Gasteiger partial charge < -0.3 is 0 Å². The Hall–Kier alpha value is -1.12. The molecule has 0 amide bonds. The summed E-state index contributed by atoms with van der Waals surface area (Å²) in [7, 11) is 0. The van der Waals surface area contributed by atoms with E-state index in [0.717, 1.165) is 4.57 Å². The molecule has 0 radical (unpaired) electrons. The fourth-order valence-corrected chi connectivity index (χ4v) is 0.960. The van der Waals surface area contributed by atoms with Gasteiger partial charge in [-0.1, -0.05) is 0 Å². The molecule has 0 spiro atoms. The van der Waals surface area contributed by atoms with Crippen molar-refractivity contribution in [3.05, 3.63) is 34.0 Å². The van der Waals surface area contributed by atoms with Crippen LogP contribution < -0.4 is 5.56 Å².